The van der Waals surface area contributed by atoms with Crippen LogP contribution in [0.15, 0.2) is 44.7 Å². The number of aromatic hydroxyl groups is 2. The van der Waals surface area contributed by atoms with Crippen LogP contribution < -0.4 is 0 Å². The van der Waals surface area contributed by atoms with E-state index in [0.29, 0.717) is 25.2 Å². The molecule has 0 aliphatic carbocycles. The van der Waals surface area contributed by atoms with Crippen molar-refractivity contribution in [3.05, 3.63) is 50.2 Å². The third-order valence-corrected chi connectivity index (χ3v) is 5.61. The second-order valence-electron chi connectivity index (χ2n) is 4.84. The van der Waals surface area contributed by atoms with Crippen LogP contribution in [-0.4, -0.2) is 26.3 Å². The van der Waals surface area contributed by atoms with Crippen molar-refractivity contribution in [1.29, 1.82) is 0 Å². The molecule has 0 atom stereocenters. The first-order valence-corrected chi connectivity index (χ1v) is 9.04. The number of carbonyl (C=O) groups is 1. The normalized spacial score (nSPS) is 10.8. The number of hydrogen-bond acceptors (Lipinski definition) is 5. The molecule has 0 saturated heterocycles. The summed E-state index contributed by atoms with van der Waals surface area (Å²) in [7, 11) is 0. The first-order chi connectivity index (χ1) is 11.4. The van der Waals surface area contributed by atoms with Gasteiger partial charge in [-0.05, 0) is 50.1 Å². The van der Waals surface area contributed by atoms with Crippen molar-refractivity contribution >= 4 is 49.2 Å². The molecule has 0 amide bonds. The molecular weight excluding hydrogens is 462 g/mol. The molecule has 8 heteroatoms. The molecule has 3 rings (SSSR count). The molecule has 0 fully saturated rings. The number of carboxylic acid groups (broad SMARTS) is 1. The minimum Gasteiger partial charge on any atom is -0.503 e. The first kappa shape index (κ1) is 16.9. The van der Waals surface area contributed by atoms with Gasteiger partial charge in [0.2, 0.25) is 0 Å². The van der Waals surface area contributed by atoms with E-state index in [9.17, 15) is 15.0 Å². The molecule has 0 aliphatic heterocycles. The summed E-state index contributed by atoms with van der Waals surface area (Å²) in [6.45, 7) is 0. The molecule has 5 nitrogen and oxygen atoms in total. The molecule has 0 aliphatic rings. The number of phenolic OH excluding ortho intramolecular Hbond substituents is 2. The van der Waals surface area contributed by atoms with Crippen molar-refractivity contribution < 1.29 is 20.1 Å². The molecule has 0 radical (unpaired) electrons. The summed E-state index contributed by atoms with van der Waals surface area (Å²) in [5.41, 5.74) is 2.34. The Hall–Kier alpha value is -1.90. The standard InChI is InChI=1S/C16H9Br2NO4S/c17-10-5-9(12(18)14(21)13(10)20)15-19-11(6-24-15)7-1-3-8(4-2-7)16(22)23/h1-6,20-21H,(H,22,23). The molecule has 3 N–H and O–H groups in total. The van der Waals surface area contributed by atoms with Crippen molar-refractivity contribution in [1.82, 2.24) is 4.98 Å². The summed E-state index contributed by atoms with van der Waals surface area (Å²) in [4.78, 5) is 15.4. The quantitative estimate of drug-likeness (QED) is 0.462. The lowest BCUT2D eigenvalue weighted by atomic mass is 10.1. The second-order valence-corrected chi connectivity index (χ2v) is 7.34. The van der Waals surface area contributed by atoms with Crippen LogP contribution in [0.25, 0.3) is 21.8 Å². The van der Waals surface area contributed by atoms with E-state index in [0.717, 1.165) is 5.56 Å². The molecule has 24 heavy (non-hydrogen) atoms. The molecule has 0 saturated carbocycles. The van der Waals surface area contributed by atoms with Gasteiger partial charge in [-0.1, -0.05) is 12.1 Å². The van der Waals surface area contributed by atoms with Gasteiger partial charge in [0.15, 0.2) is 11.5 Å². The average Bonchev–Trinajstić information content (AvgIpc) is 3.06. The number of aromatic nitrogens is 1. The number of carboxylic acids is 1. The van der Waals surface area contributed by atoms with E-state index in [1.807, 2.05) is 5.38 Å². The van der Waals surface area contributed by atoms with Gasteiger partial charge >= 0.3 is 5.97 Å². The van der Waals surface area contributed by atoms with Gasteiger partial charge in [0.1, 0.15) is 5.01 Å². The Bertz CT molecular complexity index is 938. The lowest BCUT2D eigenvalue weighted by molar-refractivity contribution is 0.0697. The molecule has 2 aromatic carbocycles. The summed E-state index contributed by atoms with van der Waals surface area (Å²) < 4.78 is 0.714. The number of phenols is 2. The van der Waals surface area contributed by atoms with E-state index >= 15 is 0 Å². The summed E-state index contributed by atoms with van der Waals surface area (Å²) in [6, 6.07) is 8.10. The second kappa shape index (κ2) is 6.54. The fourth-order valence-corrected chi connectivity index (χ4v) is 3.96. The number of hydrogen-bond donors (Lipinski definition) is 3. The van der Waals surface area contributed by atoms with E-state index in [4.69, 9.17) is 5.11 Å². The molecule has 3 aromatic rings. The topological polar surface area (TPSA) is 90.7 Å². The number of aromatic carboxylic acids is 1. The number of rotatable bonds is 3. The van der Waals surface area contributed by atoms with Crippen molar-refractivity contribution in [2.45, 2.75) is 0 Å². The highest BCUT2D eigenvalue weighted by atomic mass is 79.9. The Morgan fingerprint density at radius 3 is 2.38 bits per heavy atom. The Balaban J connectivity index is 2.01. The predicted molar refractivity (Wildman–Crippen MR) is 98.7 cm³/mol. The Kier molecular flexibility index (Phi) is 4.62. The minimum atomic E-state index is -0.978. The number of benzene rings is 2. The van der Waals surface area contributed by atoms with Gasteiger partial charge in [-0.15, -0.1) is 11.3 Å². The molecule has 0 bridgehead atoms. The summed E-state index contributed by atoms with van der Waals surface area (Å²) >= 11 is 7.83. The van der Waals surface area contributed by atoms with Gasteiger partial charge in [0.05, 0.1) is 20.2 Å². The SMILES string of the molecule is O=C(O)c1ccc(-c2csc(-c3cc(Br)c(O)c(O)c3Br)n2)cc1. The van der Waals surface area contributed by atoms with E-state index in [2.05, 4.69) is 36.8 Å². The summed E-state index contributed by atoms with van der Waals surface area (Å²) in [5, 5.41) is 31.1. The van der Waals surface area contributed by atoms with Gasteiger partial charge < -0.3 is 15.3 Å². The third-order valence-electron chi connectivity index (χ3n) is 3.33. The molecule has 1 aromatic heterocycles. The fraction of sp³-hybridized carbons (Fsp3) is 0. The highest BCUT2D eigenvalue weighted by molar-refractivity contribution is 9.11. The summed E-state index contributed by atoms with van der Waals surface area (Å²) in [6.07, 6.45) is 0. The lowest BCUT2D eigenvalue weighted by Gasteiger charge is -2.07. The maximum atomic E-state index is 10.9. The first-order valence-electron chi connectivity index (χ1n) is 6.58. The summed E-state index contributed by atoms with van der Waals surface area (Å²) in [5.74, 6) is -1.48. The highest BCUT2D eigenvalue weighted by Crippen LogP contribution is 2.46. The highest BCUT2D eigenvalue weighted by Gasteiger charge is 2.18. The molecule has 0 spiro atoms. The molecular formula is C16H9Br2NO4S. The van der Waals surface area contributed by atoms with E-state index < -0.39 is 5.97 Å². The number of halogens is 2. The largest absolute Gasteiger partial charge is 0.503 e. The minimum absolute atomic E-state index is 0.212. The van der Waals surface area contributed by atoms with Crippen LogP contribution in [0, 0.1) is 0 Å². The Labute approximate surface area is 157 Å². The van der Waals surface area contributed by atoms with E-state index in [1.165, 1.54) is 23.5 Å². The van der Waals surface area contributed by atoms with Crippen LogP contribution >= 0.6 is 43.2 Å². The van der Waals surface area contributed by atoms with Crippen LogP contribution in [0.1, 0.15) is 10.4 Å². The van der Waals surface area contributed by atoms with E-state index in [-0.39, 0.29) is 17.1 Å². The van der Waals surface area contributed by atoms with Gasteiger partial charge in [-0.2, -0.15) is 0 Å². The maximum Gasteiger partial charge on any atom is 0.335 e. The molecule has 0 unspecified atom stereocenters. The van der Waals surface area contributed by atoms with Crippen molar-refractivity contribution in [3.63, 3.8) is 0 Å². The van der Waals surface area contributed by atoms with Crippen molar-refractivity contribution in [3.8, 4) is 33.3 Å². The zero-order valence-electron chi connectivity index (χ0n) is 11.8. The van der Waals surface area contributed by atoms with Crippen LogP contribution in [0.4, 0.5) is 0 Å². The van der Waals surface area contributed by atoms with Gasteiger partial charge in [0.25, 0.3) is 0 Å². The predicted octanol–water partition coefficient (Wildman–Crippen LogP) is 5.11. The smallest absolute Gasteiger partial charge is 0.335 e. The maximum absolute atomic E-state index is 10.9. The Morgan fingerprint density at radius 1 is 1.08 bits per heavy atom. The third kappa shape index (κ3) is 3.04. The molecule has 1 heterocycles. The zero-order valence-corrected chi connectivity index (χ0v) is 15.8. The van der Waals surface area contributed by atoms with Crippen LogP contribution in [-0.2, 0) is 0 Å². The van der Waals surface area contributed by atoms with Crippen molar-refractivity contribution in [2.24, 2.45) is 0 Å². The van der Waals surface area contributed by atoms with Crippen LogP contribution in [0.5, 0.6) is 11.5 Å². The van der Waals surface area contributed by atoms with Gasteiger partial charge in [-0.3, -0.25) is 0 Å². The lowest BCUT2D eigenvalue weighted by Crippen LogP contribution is -1.94. The van der Waals surface area contributed by atoms with Crippen LogP contribution in [0.3, 0.4) is 0 Å². The number of thiazole rings is 1. The van der Waals surface area contributed by atoms with Crippen molar-refractivity contribution in [2.75, 3.05) is 0 Å². The Morgan fingerprint density at radius 2 is 1.75 bits per heavy atom. The fourth-order valence-electron chi connectivity index (χ4n) is 2.07. The zero-order chi connectivity index (χ0) is 17.4. The monoisotopic (exact) mass is 469 g/mol. The van der Waals surface area contributed by atoms with Gasteiger partial charge in [0, 0.05) is 16.5 Å². The average molecular weight is 471 g/mol. The van der Waals surface area contributed by atoms with E-state index in [1.54, 1.807) is 18.2 Å². The van der Waals surface area contributed by atoms with Gasteiger partial charge in [-0.25, -0.2) is 9.78 Å². The van der Waals surface area contributed by atoms with Crippen LogP contribution in [0.2, 0.25) is 0 Å². The number of nitrogens with zero attached hydrogens (tertiary/aromatic N) is 1. The molecule has 122 valence electrons.